The van der Waals surface area contributed by atoms with E-state index in [-0.39, 0.29) is 17.5 Å². The Hall–Kier alpha value is -1.04. The third-order valence-electron chi connectivity index (χ3n) is 3.64. The maximum absolute atomic E-state index is 11.7. The maximum Gasteiger partial charge on any atom is 0.151 e. The lowest BCUT2D eigenvalue weighted by Gasteiger charge is -2.27. The third kappa shape index (κ3) is 4.73. The zero-order valence-electron chi connectivity index (χ0n) is 12.1. The highest BCUT2D eigenvalue weighted by Gasteiger charge is 2.32. The summed E-state index contributed by atoms with van der Waals surface area (Å²) in [6.45, 7) is 4.87. The van der Waals surface area contributed by atoms with Crippen molar-refractivity contribution in [3.8, 4) is 5.75 Å². The summed E-state index contributed by atoms with van der Waals surface area (Å²) in [7, 11) is -1.29. The average molecular weight is 330 g/mol. The van der Waals surface area contributed by atoms with Crippen molar-refractivity contribution in [1.29, 1.82) is 0 Å². The summed E-state index contributed by atoms with van der Waals surface area (Å²) in [5, 5.41) is 0.521. The molecule has 6 heteroatoms. The normalized spacial score (nSPS) is 20.6. The second-order valence-electron chi connectivity index (χ2n) is 5.33. The molecule has 0 spiro atoms. The fourth-order valence-electron chi connectivity index (χ4n) is 2.56. The Morgan fingerprint density at radius 3 is 2.57 bits per heavy atom. The number of hydrogen-bond acceptors (Lipinski definition) is 4. The fourth-order valence-corrected chi connectivity index (χ4v) is 4.48. The van der Waals surface area contributed by atoms with Gasteiger partial charge in [0.1, 0.15) is 5.75 Å². The predicted molar refractivity (Wildman–Crippen MR) is 85.5 cm³/mol. The molecule has 116 valence electrons. The van der Waals surface area contributed by atoms with Crippen LogP contribution >= 0.6 is 11.6 Å². The summed E-state index contributed by atoms with van der Waals surface area (Å²) in [6, 6.07) is 7.76. The Morgan fingerprint density at radius 1 is 1.43 bits per heavy atom. The number of nitrogens with zero attached hydrogens (tertiary/aromatic N) is 1. The van der Waals surface area contributed by atoms with E-state index in [1.54, 1.807) is 7.11 Å². The first-order chi connectivity index (χ1) is 9.89. The molecular formula is C15H20ClNO3S. The maximum atomic E-state index is 11.7. The van der Waals surface area contributed by atoms with Crippen molar-refractivity contribution in [2.75, 3.05) is 25.2 Å². The van der Waals surface area contributed by atoms with Gasteiger partial charge in [-0.25, -0.2) is 8.42 Å². The molecule has 1 aliphatic rings. The quantitative estimate of drug-likeness (QED) is 0.804. The first kappa shape index (κ1) is 16.3. The zero-order chi connectivity index (χ0) is 15.5. The summed E-state index contributed by atoms with van der Waals surface area (Å²) >= 11 is 5.93. The van der Waals surface area contributed by atoms with Crippen molar-refractivity contribution in [3.05, 3.63) is 41.4 Å². The van der Waals surface area contributed by atoms with Gasteiger partial charge in [0, 0.05) is 24.2 Å². The monoisotopic (exact) mass is 329 g/mol. The van der Waals surface area contributed by atoms with Crippen LogP contribution in [-0.2, 0) is 16.4 Å². The minimum Gasteiger partial charge on any atom is -0.497 e. The first-order valence-electron chi connectivity index (χ1n) is 6.80. The van der Waals surface area contributed by atoms with Gasteiger partial charge in [0.05, 0.1) is 18.6 Å². The van der Waals surface area contributed by atoms with Crippen LogP contribution < -0.4 is 4.74 Å². The van der Waals surface area contributed by atoms with Crippen LogP contribution in [0.4, 0.5) is 0 Å². The van der Waals surface area contributed by atoms with Crippen LogP contribution in [0.3, 0.4) is 0 Å². The number of benzene rings is 1. The van der Waals surface area contributed by atoms with Crippen molar-refractivity contribution in [1.82, 2.24) is 4.90 Å². The van der Waals surface area contributed by atoms with Gasteiger partial charge in [-0.3, -0.25) is 4.90 Å². The lowest BCUT2D eigenvalue weighted by molar-refractivity contribution is 0.225. The molecular weight excluding hydrogens is 310 g/mol. The summed E-state index contributed by atoms with van der Waals surface area (Å²) < 4.78 is 28.5. The van der Waals surface area contributed by atoms with Gasteiger partial charge in [0.25, 0.3) is 0 Å². The number of ether oxygens (including phenoxy) is 1. The van der Waals surface area contributed by atoms with Gasteiger partial charge in [0.15, 0.2) is 9.84 Å². The molecule has 1 aromatic carbocycles. The first-order valence-corrected chi connectivity index (χ1v) is 9.00. The molecule has 2 rings (SSSR count). The molecule has 1 saturated heterocycles. The molecule has 1 atom stereocenters. The van der Waals surface area contributed by atoms with Gasteiger partial charge in [-0.05, 0) is 24.1 Å². The van der Waals surface area contributed by atoms with Crippen LogP contribution in [0.2, 0.25) is 0 Å². The van der Waals surface area contributed by atoms with Crippen molar-refractivity contribution < 1.29 is 13.2 Å². The fraction of sp³-hybridized carbons (Fsp3) is 0.467. The number of rotatable bonds is 6. The molecule has 0 bridgehead atoms. The second kappa shape index (κ2) is 6.81. The molecule has 21 heavy (non-hydrogen) atoms. The number of sulfone groups is 1. The molecule has 0 aromatic heterocycles. The highest BCUT2D eigenvalue weighted by Crippen LogP contribution is 2.22. The Balaban J connectivity index is 2.10. The second-order valence-corrected chi connectivity index (χ2v) is 8.09. The van der Waals surface area contributed by atoms with Crippen molar-refractivity contribution in [2.24, 2.45) is 0 Å². The van der Waals surface area contributed by atoms with Crippen molar-refractivity contribution in [2.45, 2.75) is 19.0 Å². The lowest BCUT2D eigenvalue weighted by atomic mass is 10.1. The van der Waals surface area contributed by atoms with Gasteiger partial charge in [-0.15, -0.1) is 0 Å². The minimum atomic E-state index is -2.91. The van der Waals surface area contributed by atoms with Crippen LogP contribution in [-0.4, -0.2) is 44.5 Å². The Morgan fingerprint density at radius 2 is 2.10 bits per heavy atom. The van der Waals surface area contributed by atoms with Gasteiger partial charge in [-0.2, -0.15) is 0 Å². The topological polar surface area (TPSA) is 46.6 Å². The summed E-state index contributed by atoms with van der Waals surface area (Å²) in [6.07, 6.45) is 0.655. The summed E-state index contributed by atoms with van der Waals surface area (Å²) in [5.41, 5.74) is 1.10. The van der Waals surface area contributed by atoms with Crippen LogP contribution in [0.15, 0.2) is 35.9 Å². The van der Waals surface area contributed by atoms with Gasteiger partial charge >= 0.3 is 0 Å². The molecule has 1 unspecified atom stereocenters. The molecule has 1 aromatic rings. The van der Waals surface area contributed by atoms with E-state index >= 15 is 0 Å². The largest absolute Gasteiger partial charge is 0.497 e. The highest BCUT2D eigenvalue weighted by atomic mass is 35.5. The minimum absolute atomic E-state index is 0.00704. The van der Waals surface area contributed by atoms with E-state index in [1.807, 2.05) is 24.3 Å². The molecule has 1 aliphatic heterocycles. The van der Waals surface area contributed by atoms with E-state index in [9.17, 15) is 8.42 Å². The van der Waals surface area contributed by atoms with E-state index in [0.717, 1.165) is 11.3 Å². The van der Waals surface area contributed by atoms with Crippen LogP contribution in [0, 0.1) is 0 Å². The molecule has 0 aliphatic carbocycles. The van der Waals surface area contributed by atoms with Crippen molar-refractivity contribution >= 4 is 21.4 Å². The number of methoxy groups -OCH3 is 1. The van der Waals surface area contributed by atoms with E-state index in [4.69, 9.17) is 16.3 Å². The molecule has 0 N–H and O–H groups in total. The Kier molecular flexibility index (Phi) is 5.30. The summed E-state index contributed by atoms with van der Waals surface area (Å²) in [5.74, 6) is 1.26. The van der Waals surface area contributed by atoms with Crippen LogP contribution in [0.25, 0.3) is 0 Å². The Bertz CT molecular complexity index is 598. The number of hydrogen-bond donors (Lipinski definition) is 0. The third-order valence-corrected chi connectivity index (χ3v) is 5.51. The molecule has 1 heterocycles. The zero-order valence-corrected chi connectivity index (χ0v) is 13.7. The van der Waals surface area contributed by atoms with E-state index in [1.165, 1.54) is 0 Å². The standard InChI is InChI=1S/C15H20ClNO3S/c1-12(16)9-17(14-7-8-21(18,19)11-14)10-13-3-5-15(20-2)6-4-13/h3-6,14H,1,7-11H2,2H3. The van der Waals surface area contributed by atoms with E-state index in [0.29, 0.717) is 24.5 Å². The molecule has 0 amide bonds. The van der Waals surface area contributed by atoms with Crippen LogP contribution in [0.1, 0.15) is 12.0 Å². The molecule has 1 fully saturated rings. The molecule has 4 nitrogen and oxygen atoms in total. The SMILES string of the molecule is C=C(Cl)CN(Cc1ccc(OC)cc1)C1CCS(=O)(=O)C1. The average Bonchev–Trinajstić information content (AvgIpc) is 2.79. The van der Waals surface area contributed by atoms with Crippen molar-refractivity contribution in [3.63, 3.8) is 0 Å². The van der Waals surface area contributed by atoms with E-state index in [2.05, 4.69) is 11.5 Å². The lowest BCUT2D eigenvalue weighted by Crippen LogP contribution is -2.36. The van der Waals surface area contributed by atoms with Gasteiger partial charge in [0.2, 0.25) is 0 Å². The van der Waals surface area contributed by atoms with Gasteiger partial charge < -0.3 is 4.74 Å². The highest BCUT2D eigenvalue weighted by molar-refractivity contribution is 7.91. The Labute approximate surface area is 131 Å². The smallest absolute Gasteiger partial charge is 0.151 e. The summed E-state index contributed by atoms with van der Waals surface area (Å²) in [4.78, 5) is 2.09. The van der Waals surface area contributed by atoms with Crippen LogP contribution in [0.5, 0.6) is 5.75 Å². The number of halogens is 1. The molecule has 0 saturated carbocycles. The molecule has 0 radical (unpaired) electrons. The van der Waals surface area contributed by atoms with E-state index < -0.39 is 9.84 Å². The van der Waals surface area contributed by atoms with Gasteiger partial charge in [-0.1, -0.05) is 30.3 Å². The predicted octanol–water partition coefficient (Wildman–Crippen LogP) is 2.44.